The molecule has 1 saturated carbocycles. The summed E-state index contributed by atoms with van der Waals surface area (Å²) in [6, 6.07) is 15.6. The first-order valence-electron chi connectivity index (χ1n) is 32.0. The number of pyridine rings is 2. The topological polar surface area (TPSA) is 290 Å². The lowest BCUT2D eigenvalue weighted by Gasteiger charge is -2.35. The number of carbonyl (C=O) groups is 8. The van der Waals surface area contributed by atoms with Crippen molar-refractivity contribution in [1.29, 1.82) is 0 Å². The van der Waals surface area contributed by atoms with Crippen molar-refractivity contribution in [1.82, 2.24) is 29.4 Å². The molecule has 22 nitrogen and oxygen atoms in total. The molecule has 6 heterocycles. The Bertz CT molecular complexity index is 3420. The van der Waals surface area contributed by atoms with Crippen LogP contribution >= 0.6 is 0 Å². The highest BCUT2D eigenvalue weighted by Crippen LogP contribution is 2.42. The van der Waals surface area contributed by atoms with Crippen molar-refractivity contribution in [2.45, 2.75) is 176 Å². The average molecular weight is 1240 g/mol. The third kappa shape index (κ3) is 17.6. The lowest BCUT2D eigenvalue weighted by atomic mass is 9.79. The Kier molecular flexibility index (Phi) is 25.8. The number of fused-ring (bicyclic) bond motifs is 5. The third-order valence-corrected chi connectivity index (χ3v) is 17.3. The number of methoxy groups -OCH3 is 1. The molecule has 1 aliphatic carbocycles. The predicted molar refractivity (Wildman–Crippen MR) is 337 cm³/mol. The van der Waals surface area contributed by atoms with E-state index in [0.717, 1.165) is 110 Å². The van der Waals surface area contributed by atoms with Gasteiger partial charge in [-0.3, -0.25) is 38.5 Å². The molecule has 0 spiro atoms. The molecule has 9 rings (SSSR count). The number of hydrogen-bond acceptors (Lipinski definition) is 18. The van der Waals surface area contributed by atoms with Gasteiger partial charge in [-0.05, 0) is 125 Å². The number of imide groups is 1. The highest BCUT2D eigenvalue weighted by atomic mass is 16.7. The number of benzene rings is 2. The summed E-state index contributed by atoms with van der Waals surface area (Å²) >= 11 is 0. The molecule has 0 radical (unpaired) electrons. The molecule has 3 amide bonds. The highest BCUT2D eigenvalue weighted by molar-refractivity contribution is 6.03. The quantitative estimate of drug-likeness (QED) is 0.0263. The Hall–Kier alpha value is -7.82. The Labute approximate surface area is 526 Å². The summed E-state index contributed by atoms with van der Waals surface area (Å²) < 4.78 is 29.4. The van der Waals surface area contributed by atoms with E-state index in [4.69, 9.17) is 29.7 Å². The normalized spacial score (nSPS) is 18.5. The number of Topliss-reactive ketones (excluding diaryl/α,β-unsaturated/α-hetero) is 3. The van der Waals surface area contributed by atoms with E-state index in [1.54, 1.807) is 29.2 Å². The van der Waals surface area contributed by atoms with Gasteiger partial charge in [-0.1, -0.05) is 76.9 Å². The fourth-order valence-electron chi connectivity index (χ4n) is 12.1. The summed E-state index contributed by atoms with van der Waals surface area (Å²) in [7, 11) is 1.16. The molecular formula is C68H90N8O14. The molecule has 4 aliphatic rings. The van der Waals surface area contributed by atoms with Crippen LogP contribution in [0.5, 0.6) is 0 Å². The molecule has 0 bridgehead atoms. The molecule has 3 aromatic heterocycles. The first kappa shape index (κ1) is 69.7. The minimum Gasteiger partial charge on any atom is -0.457 e. The lowest BCUT2D eigenvalue weighted by Crippen LogP contribution is -2.47. The van der Waals surface area contributed by atoms with Crippen molar-refractivity contribution >= 4 is 63.8 Å². The molecule has 3 N–H and O–H groups in total. The van der Waals surface area contributed by atoms with Crippen LogP contribution in [0.3, 0.4) is 0 Å². The Balaban J connectivity index is 0.000000193. The summed E-state index contributed by atoms with van der Waals surface area (Å²) in [6.45, 7) is 16.7. The summed E-state index contributed by atoms with van der Waals surface area (Å²) in [4.78, 5) is 118. The van der Waals surface area contributed by atoms with Gasteiger partial charge < -0.3 is 39.3 Å². The molecule has 2 aromatic carbocycles. The zero-order valence-electron chi connectivity index (χ0n) is 53.7. The van der Waals surface area contributed by atoms with Crippen molar-refractivity contribution in [3.8, 4) is 11.4 Å². The molecule has 5 aromatic rings. The Morgan fingerprint density at radius 1 is 0.878 bits per heavy atom. The van der Waals surface area contributed by atoms with E-state index < -0.39 is 23.6 Å². The Morgan fingerprint density at radius 3 is 2.28 bits per heavy atom. The van der Waals surface area contributed by atoms with E-state index in [-0.39, 0.29) is 85.1 Å². The van der Waals surface area contributed by atoms with E-state index in [9.17, 15) is 43.2 Å². The third-order valence-electron chi connectivity index (χ3n) is 17.3. The largest absolute Gasteiger partial charge is 0.509 e. The van der Waals surface area contributed by atoms with Crippen molar-refractivity contribution in [3.05, 3.63) is 104 Å². The zero-order chi connectivity index (χ0) is 65.1. The van der Waals surface area contributed by atoms with Gasteiger partial charge in [0.1, 0.15) is 25.6 Å². The molecule has 486 valence electrons. The highest BCUT2D eigenvalue weighted by Gasteiger charge is 2.51. The van der Waals surface area contributed by atoms with Crippen LogP contribution in [0.15, 0.2) is 59.5 Å². The molecule has 22 heteroatoms. The smallest absolute Gasteiger partial charge is 0.457 e. The van der Waals surface area contributed by atoms with Crippen molar-refractivity contribution < 1.29 is 62.0 Å². The second kappa shape index (κ2) is 33.3. The summed E-state index contributed by atoms with van der Waals surface area (Å²) in [5.41, 5.74) is 12.4. The number of cyclic esters (lactones) is 1. The maximum Gasteiger partial charge on any atom is 0.509 e. The van der Waals surface area contributed by atoms with Gasteiger partial charge >= 0.3 is 12.1 Å². The average Bonchev–Trinajstić information content (AvgIpc) is 1.45. The number of carbonyl (C=O) groups excluding carboxylic acids is 8. The molecule has 90 heavy (non-hydrogen) atoms. The van der Waals surface area contributed by atoms with Gasteiger partial charge in [0, 0.05) is 91.4 Å². The number of amides is 3. The number of anilines is 1. The van der Waals surface area contributed by atoms with Crippen molar-refractivity contribution in [2.24, 2.45) is 29.4 Å². The van der Waals surface area contributed by atoms with Crippen LogP contribution in [0.2, 0.25) is 0 Å². The second-order valence-electron chi connectivity index (χ2n) is 23.8. The minimum atomic E-state index is -1.75. The number of ketones is 3. The van der Waals surface area contributed by atoms with Gasteiger partial charge in [-0.25, -0.2) is 19.3 Å². The van der Waals surface area contributed by atoms with Crippen LogP contribution in [0.25, 0.3) is 22.3 Å². The number of likely N-dealkylation sites (tertiary alicyclic amines) is 1. The number of ether oxygens (including phenoxy) is 5. The van der Waals surface area contributed by atoms with Crippen LogP contribution in [-0.4, -0.2) is 123 Å². The number of unbranched alkanes of at least 4 members (excludes halogenated alkanes) is 1. The lowest BCUT2D eigenvalue weighted by molar-refractivity contribution is -0.175. The predicted octanol–water partition coefficient (Wildman–Crippen LogP) is 9.04. The van der Waals surface area contributed by atoms with Crippen LogP contribution in [-0.2, 0) is 102 Å². The van der Waals surface area contributed by atoms with E-state index in [1.165, 1.54) is 10.5 Å². The number of aryl methyl sites for hydroxylation is 4. The van der Waals surface area contributed by atoms with E-state index >= 15 is 0 Å². The fraction of sp³-hybridized carbons (Fsp3) is 0.559. The van der Waals surface area contributed by atoms with Crippen molar-refractivity contribution in [2.75, 3.05) is 51.9 Å². The maximum absolute atomic E-state index is 13.6. The number of hydrogen-bond donors (Lipinski definition) is 2. The number of nitrogens with zero attached hydrogens (tertiary/aromatic N) is 6. The standard InChI is InChI=1S/C25H24N2O6.C22H34N4O4.C21H32N2O4/c1-5-14-15-9-13(3)7-8-19(15)26-21-16(14)11-27-20(21)10-18-17(22(27)28)12-32-23(29)25(18,6-2)33-24(30)31-4;1-3-11-30-12-10-25-15-19(23-24-25)8-9-20(27)18-6-4-17(5-7-18)14-26-21(28)13-16(2)22(26)29;1-3-16-8-10-18(11-9-16)23-21(26)17(7-5-6-12-22)13-20(25)15-27-14-19(24)4-2/h7-10H,5-6,11-12H2,1-4H3;15-18H,3-14H2,1-2H3;8-11,17H,3-7,12-15,22H2,1-2H3,(H,23,26). The molecule has 3 unspecified atom stereocenters. The number of rotatable bonds is 28. The SMILES string of the molecule is CCC(=O)COCC(=O)CC(CCCCN)C(=O)Nc1ccc(CC)cc1.CCCOCCn1cc(CCC(=O)C2CCC(CN3C(=O)CC(C)C3=O)CC2)nn1.CCc1c2c(nc3ccc(C)cc13)-c1cc3c(c(=O)n1C2)COC(=O)C3(CC)OC(=O)OC. The van der Waals surface area contributed by atoms with Gasteiger partial charge in [0.2, 0.25) is 23.3 Å². The Morgan fingerprint density at radius 2 is 1.62 bits per heavy atom. The fourth-order valence-corrected chi connectivity index (χ4v) is 12.1. The van der Waals surface area contributed by atoms with Crippen LogP contribution in [0.4, 0.5) is 10.5 Å². The molecular weight excluding hydrogens is 1150 g/mol. The van der Waals surface area contributed by atoms with Gasteiger partial charge in [-0.2, -0.15) is 0 Å². The van der Waals surface area contributed by atoms with Crippen LogP contribution < -0.4 is 16.6 Å². The second-order valence-corrected chi connectivity index (χ2v) is 23.8. The number of nitrogens with two attached hydrogens (primary N) is 1. The molecule has 3 aliphatic heterocycles. The number of aromatic nitrogens is 5. The molecule has 1 saturated heterocycles. The summed E-state index contributed by atoms with van der Waals surface area (Å²) in [5.74, 6) is -1.11. The maximum atomic E-state index is 13.6. The minimum absolute atomic E-state index is 0.0387. The summed E-state index contributed by atoms with van der Waals surface area (Å²) in [6.07, 6.45) is 11.3. The number of esters is 1. The van der Waals surface area contributed by atoms with Crippen molar-refractivity contribution in [3.63, 3.8) is 0 Å². The van der Waals surface area contributed by atoms with Gasteiger partial charge in [0.15, 0.2) is 11.6 Å². The van der Waals surface area contributed by atoms with E-state index in [2.05, 4.69) is 47.2 Å². The first-order chi connectivity index (χ1) is 43.3. The molecule has 3 atom stereocenters. The van der Waals surface area contributed by atoms with Crippen LogP contribution in [0, 0.1) is 30.6 Å². The van der Waals surface area contributed by atoms with Gasteiger partial charge in [0.05, 0.1) is 55.0 Å². The van der Waals surface area contributed by atoms with Crippen LogP contribution in [0.1, 0.15) is 164 Å². The van der Waals surface area contributed by atoms with Gasteiger partial charge in [0.25, 0.3) is 5.56 Å². The first-order valence-corrected chi connectivity index (χ1v) is 32.0. The monoisotopic (exact) mass is 1240 g/mol. The van der Waals surface area contributed by atoms with E-state index in [1.807, 2.05) is 56.4 Å². The number of nitrogens with one attached hydrogen (secondary N) is 1. The summed E-state index contributed by atoms with van der Waals surface area (Å²) in [5, 5.41) is 12.2. The van der Waals surface area contributed by atoms with Gasteiger partial charge in [-0.15, -0.1) is 5.10 Å². The zero-order valence-corrected chi connectivity index (χ0v) is 53.7. The van der Waals surface area contributed by atoms with E-state index in [0.29, 0.717) is 93.3 Å². The molecule has 2 fully saturated rings.